The highest BCUT2D eigenvalue weighted by Gasteiger charge is 2.32. The van der Waals surface area contributed by atoms with Crippen LogP contribution in [0, 0.1) is 10.8 Å². The summed E-state index contributed by atoms with van der Waals surface area (Å²) in [5.41, 5.74) is 0.0737. The summed E-state index contributed by atoms with van der Waals surface area (Å²) < 4.78 is 0. The lowest BCUT2D eigenvalue weighted by molar-refractivity contribution is -0.125. The number of para-hydroxylation sites is 2. The van der Waals surface area contributed by atoms with Gasteiger partial charge in [-0.2, -0.15) is 0 Å². The van der Waals surface area contributed by atoms with Crippen LogP contribution in [0.3, 0.4) is 0 Å². The van der Waals surface area contributed by atoms with Gasteiger partial charge in [-0.05, 0) is 24.0 Å². The number of carbonyl (C=O) groups is 1. The fourth-order valence-electron chi connectivity index (χ4n) is 2.28. The van der Waals surface area contributed by atoms with E-state index < -0.39 is 5.41 Å². The van der Waals surface area contributed by atoms with Crippen LogP contribution in [0.1, 0.15) is 41.0 Å². The number of phenols is 1. The van der Waals surface area contributed by atoms with Gasteiger partial charge in [-0.25, -0.2) is 0 Å². The molecule has 0 spiro atoms. The summed E-state index contributed by atoms with van der Waals surface area (Å²) in [5.74, 6) is 0.0244. The number of hydrogen-bond acceptors (Lipinski definition) is 2. The Labute approximate surface area is 109 Å². The SMILES string of the molecule is CC(C)(C)CC(C)(C)C(=O)Nc1ccccc1O. The molecular formula is C15H23NO2. The maximum atomic E-state index is 12.2. The Hall–Kier alpha value is -1.51. The molecule has 100 valence electrons. The number of phenolic OH excluding ortho intramolecular Hbond substituents is 1. The maximum Gasteiger partial charge on any atom is 0.230 e. The van der Waals surface area contributed by atoms with Gasteiger partial charge in [0.15, 0.2) is 0 Å². The summed E-state index contributed by atoms with van der Waals surface area (Å²) in [7, 11) is 0. The summed E-state index contributed by atoms with van der Waals surface area (Å²) >= 11 is 0. The van der Waals surface area contributed by atoms with Crippen LogP contribution in [0.15, 0.2) is 24.3 Å². The van der Waals surface area contributed by atoms with Crippen LogP contribution in [0.4, 0.5) is 5.69 Å². The number of rotatable bonds is 3. The molecule has 0 radical (unpaired) electrons. The van der Waals surface area contributed by atoms with Crippen molar-refractivity contribution in [2.24, 2.45) is 10.8 Å². The van der Waals surface area contributed by atoms with E-state index in [1.54, 1.807) is 24.3 Å². The molecule has 3 heteroatoms. The van der Waals surface area contributed by atoms with Gasteiger partial charge in [0.25, 0.3) is 0 Å². The Balaban J connectivity index is 2.80. The Morgan fingerprint density at radius 2 is 1.72 bits per heavy atom. The van der Waals surface area contributed by atoms with Crippen molar-refractivity contribution in [3.8, 4) is 5.75 Å². The van der Waals surface area contributed by atoms with Gasteiger partial charge in [0.05, 0.1) is 5.69 Å². The first-order valence-electron chi connectivity index (χ1n) is 6.21. The number of carbonyl (C=O) groups excluding carboxylic acids is 1. The minimum atomic E-state index is -0.472. The molecule has 0 atom stereocenters. The molecule has 1 aromatic rings. The second kappa shape index (κ2) is 5.01. The highest BCUT2D eigenvalue weighted by atomic mass is 16.3. The van der Waals surface area contributed by atoms with Gasteiger partial charge in [0, 0.05) is 5.41 Å². The molecule has 0 unspecified atom stereocenters. The predicted molar refractivity (Wildman–Crippen MR) is 74.6 cm³/mol. The van der Waals surface area contributed by atoms with E-state index in [-0.39, 0.29) is 17.1 Å². The first kappa shape index (κ1) is 14.6. The number of benzene rings is 1. The van der Waals surface area contributed by atoms with Crippen molar-refractivity contribution in [3.63, 3.8) is 0 Å². The topological polar surface area (TPSA) is 49.3 Å². The van der Waals surface area contributed by atoms with Crippen LogP contribution in [-0.2, 0) is 4.79 Å². The molecule has 3 nitrogen and oxygen atoms in total. The lowest BCUT2D eigenvalue weighted by atomic mass is 9.75. The molecule has 0 saturated heterocycles. The van der Waals surface area contributed by atoms with Gasteiger partial charge in [0.2, 0.25) is 5.91 Å². The molecule has 1 aromatic carbocycles. The number of aromatic hydroxyl groups is 1. The van der Waals surface area contributed by atoms with Gasteiger partial charge in [-0.3, -0.25) is 4.79 Å². The third-order valence-electron chi connectivity index (χ3n) is 2.74. The molecule has 0 aliphatic heterocycles. The second-order valence-corrected chi connectivity index (χ2v) is 6.59. The van der Waals surface area contributed by atoms with Gasteiger partial charge in [0.1, 0.15) is 5.75 Å². The highest BCUT2D eigenvalue weighted by Crippen LogP contribution is 2.34. The molecule has 1 rings (SSSR count). The maximum absolute atomic E-state index is 12.2. The Morgan fingerprint density at radius 3 is 2.22 bits per heavy atom. The van der Waals surface area contributed by atoms with Gasteiger partial charge >= 0.3 is 0 Å². The van der Waals surface area contributed by atoms with Crippen molar-refractivity contribution < 1.29 is 9.90 Å². The van der Waals surface area contributed by atoms with Crippen LogP contribution < -0.4 is 5.32 Å². The predicted octanol–water partition coefficient (Wildman–Crippen LogP) is 3.79. The Morgan fingerprint density at radius 1 is 1.17 bits per heavy atom. The van der Waals surface area contributed by atoms with Crippen molar-refractivity contribution in [2.45, 2.75) is 41.0 Å². The summed E-state index contributed by atoms with van der Waals surface area (Å²) in [6.07, 6.45) is 0.777. The van der Waals surface area contributed by atoms with Crippen LogP contribution in [0.2, 0.25) is 0 Å². The second-order valence-electron chi connectivity index (χ2n) is 6.59. The summed E-state index contributed by atoms with van der Waals surface area (Å²) in [5, 5.41) is 12.4. The van der Waals surface area contributed by atoms with E-state index in [9.17, 15) is 9.90 Å². The third kappa shape index (κ3) is 4.06. The monoisotopic (exact) mass is 249 g/mol. The van der Waals surface area contributed by atoms with Crippen LogP contribution >= 0.6 is 0 Å². The van der Waals surface area contributed by atoms with E-state index >= 15 is 0 Å². The lowest BCUT2D eigenvalue weighted by Gasteiger charge is -2.31. The molecule has 0 fully saturated rings. The normalized spacial score (nSPS) is 12.3. The zero-order chi connectivity index (χ0) is 14.0. The van der Waals surface area contributed by atoms with Crippen molar-refractivity contribution in [3.05, 3.63) is 24.3 Å². The van der Waals surface area contributed by atoms with E-state index in [0.29, 0.717) is 5.69 Å². The molecule has 2 N–H and O–H groups in total. The summed E-state index contributed by atoms with van der Waals surface area (Å²) in [4.78, 5) is 12.2. The molecule has 1 amide bonds. The van der Waals surface area contributed by atoms with Crippen LogP contribution in [-0.4, -0.2) is 11.0 Å². The Kier molecular flexibility index (Phi) is 4.05. The Bertz CT molecular complexity index is 430. The average molecular weight is 249 g/mol. The van der Waals surface area contributed by atoms with Crippen LogP contribution in [0.5, 0.6) is 5.75 Å². The standard InChI is InChI=1S/C15H23NO2/c1-14(2,3)10-15(4,5)13(18)16-11-8-6-7-9-12(11)17/h6-9,17H,10H2,1-5H3,(H,16,18). The molecule has 0 saturated carbocycles. The number of anilines is 1. The summed E-state index contributed by atoms with van der Waals surface area (Å²) in [6, 6.07) is 6.77. The summed E-state index contributed by atoms with van der Waals surface area (Å²) in [6.45, 7) is 10.2. The average Bonchev–Trinajstić information content (AvgIpc) is 2.17. The minimum absolute atomic E-state index is 0.0704. The third-order valence-corrected chi connectivity index (χ3v) is 2.74. The van der Waals surface area contributed by atoms with Gasteiger partial charge in [-0.1, -0.05) is 46.8 Å². The van der Waals surface area contributed by atoms with E-state index in [4.69, 9.17) is 0 Å². The number of nitrogens with one attached hydrogen (secondary N) is 1. The quantitative estimate of drug-likeness (QED) is 0.801. The zero-order valence-corrected chi connectivity index (χ0v) is 11.9. The molecule has 0 aliphatic rings. The molecular weight excluding hydrogens is 226 g/mol. The first-order chi connectivity index (χ1) is 8.12. The van der Waals surface area contributed by atoms with E-state index in [1.807, 2.05) is 13.8 Å². The minimum Gasteiger partial charge on any atom is -0.506 e. The molecule has 18 heavy (non-hydrogen) atoms. The van der Waals surface area contributed by atoms with E-state index in [0.717, 1.165) is 6.42 Å². The molecule has 0 aromatic heterocycles. The van der Waals surface area contributed by atoms with Crippen molar-refractivity contribution in [1.29, 1.82) is 0 Å². The molecule has 0 bridgehead atoms. The molecule has 0 heterocycles. The van der Waals surface area contributed by atoms with Crippen molar-refractivity contribution in [1.82, 2.24) is 0 Å². The van der Waals surface area contributed by atoms with E-state index in [2.05, 4.69) is 26.1 Å². The fraction of sp³-hybridized carbons (Fsp3) is 0.533. The van der Waals surface area contributed by atoms with Crippen LogP contribution in [0.25, 0.3) is 0 Å². The molecule has 0 aliphatic carbocycles. The smallest absolute Gasteiger partial charge is 0.230 e. The first-order valence-corrected chi connectivity index (χ1v) is 6.21. The largest absolute Gasteiger partial charge is 0.506 e. The zero-order valence-electron chi connectivity index (χ0n) is 11.9. The van der Waals surface area contributed by atoms with Crippen molar-refractivity contribution in [2.75, 3.05) is 5.32 Å². The van der Waals surface area contributed by atoms with E-state index in [1.165, 1.54) is 0 Å². The van der Waals surface area contributed by atoms with Gasteiger partial charge in [-0.15, -0.1) is 0 Å². The van der Waals surface area contributed by atoms with Gasteiger partial charge < -0.3 is 10.4 Å². The van der Waals surface area contributed by atoms with Crippen molar-refractivity contribution >= 4 is 11.6 Å². The highest BCUT2D eigenvalue weighted by molar-refractivity contribution is 5.95. The number of hydrogen-bond donors (Lipinski definition) is 2. The fourth-order valence-corrected chi connectivity index (χ4v) is 2.28. The lowest BCUT2D eigenvalue weighted by Crippen LogP contribution is -2.34. The number of amides is 1.